The molecule has 1 aliphatic heterocycles. The van der Waals surface area contributed by atoms with Crippen molar-refractivity contribution < 1.29 is 8.78 Å². The van der Waals surface area contributed by atoms with Crippen molar-refractivity contribution in [2.75, 3.05) is 11.6 Å². The molecule has 0 amide bonds. The van der Waals surface area contributed by atoms with Gasteiger partial charge in [-0.25, -0.2) is 14.2 Å². The summed E-state index contributed by atoms with van der Waals surface area (Å²) in [5.41, 5.74) is 3.98. The van der Waals surface area contributed by atoms with E-state index in [-0.39, 0.29) is 0 Å². The second-order valence-electron chi connectivity index (χ2n) is 8.00. The molecule has 4 heteroatoms. The Morgan fingerprint density at radius 2 is 1.57 bits per heavy atom. The van der Waals surface area contributed by atoms with Gasteiger partial charge in [-0.2, -0.15) is 0 Å². The minimum atomic E-state index is -0.500. The number of anilines is 1. The van der Waals surface area contributed by atoms with Crippen molar-refractivity contribution in [2.45, 2.75) is 44.6 Å². The van der Waals surface area contributed by atoms with Gasteiger partial charge in [-0.1, -0.05) is 12.8 Å². The average Bonchev–Trinajstić information content (AvgIpc) is 3.02. The lowest BCUT2D eigenvalue weighted by molar-refractivity contribution is -0.0487. The summed E-state index contributed by atoms with van der Waals surface area (Å²) in [6, 6.07) is 4.38. The number of fused-ring (bicyclic) bond motifs is 1. The third-order valence-corrected chi connectivity index (χ3v) is 7.20. The molecule has 0 spiro atoms. The van der Waals surface area contributed by atoms with E-state index >= 15 is 0 Å². The van der Waals surface area contributed by atoms with E-state index in [1.165, 1.54) is 44.6 Å². The van der Waals surface area contributed by atoms with Crippen molar-refractivity contribution in [1.82, 2.24) is 5.43 Å². The van der Waals surface area contributed by atoms with Gasteiger partial charge in [0.15, 0.2) is 5.82 Å². The van der Waals surface area contributed by atoms with E-state index in [0.29, 0.717) is 23.6 Å². The van der Waals surface area contributed by atoms with E-state index in [9.17, 15) is 8.78 Å². The molecule has 4 saturated carbocycles. The summed E-state index contributed by atoms with van der Waals surface area (Å²) in [6.45, 7) is 0.950. The van der Waals surface area contributed by atoms with E-state index in [2.05, 4.69) is 10.4 Å². The molecule has 5 aliphatic rings. The first-order chi connectivity index (χ1) is 11.2. The van der Waals surface area contributed by atoms with E-state index in [0.717, 1.165) is 30.4 Å². The number of rotatable bonds is 1. The zero-order valence-electron chi connectivity index (χ0n) is 13.3. The molecule has 5 fully saturated rings. The molecule has 1 N–H and O–H groups in total. The second-order valence-corrected chi connectivity index (χ2v) is 8.00. The van der Waals surface area contributed by atoms with Gasteiger partial charge >= 0.3 is 0 Å². The first kappa shape index (κ1) is 14.2. The highest BCUT2D eigenvalue weighted by molar-refractivity contribution is 5.49. The minimum Gasteiger partial charge on any atom is -0.302 e. The summed E-state index contributed by atoms with van der Waals surface area (Å²) in [5.74, 6) is 2.90. The van der Waals surface area contributed by atoms with Gasteiger partial charge in [0, 0.05) is 12.6 Å². The average molecular weight is 318 g/mol. The summed E-state index contributed by atoms with van der Waals surface area (Å²) in [5, 5.41) is 2.06. The summed E-state index contributed by atoms with van der Waals surface area (Å²) >= 11 is 0. The van der Waals surface area contributed by atoms with Crippen LogP contribution in [0.3, 0.4) is 0 Å². The van der Waals surface area contributed by atoms with Crippen LogP contribution in [-0.2, 0) is 0 Å². The SMILES string of the molecule is Fc1ccc(N2NCC3C4CCC(C5CCCCC54)C32)c(F)c1. The Morgan fingerprint density at radius 1 is 0.870 bits per heavy atom. The molecule has 2 bridgehead atoms. The molecule has 4 aliphatic carbocycles. The number of hydrogen-bond donors (Lipinski definition) is 1. The summed E-state index contributed by atoms with van der Waals surface area (Å²) in [6.07, 6.45) is 8.16. The fraction of sp³-hybridized carbons (Fsp3) is 0.684. The summed E-state index contributed by atoms with van der Waals surface area (Å²) in [4.78, 5) is 0. The van der Waals surface area contributed by atoms with Crippen LogP contribution in [0.5, 0.6) is 0 Å². The van der Waals surface area contributed by atoms with Gasteiger partial charge in [0.1, 0.15) is 5.82 Å². The van der Waals surface area contributed by atoms with Gasteiger partial charge in [0.25, 0.3) is 0 Å². The Balaban J connectivity index is 1.51. The zero-order valence-corrected chi connectivity index (χ0v) is 13.3. The molecule has 1 aromatic carbocycles. The van der Waals surface area contributed by atoms with Gasteiger partial charge in [0.2, 0.25) is 0 Å². The normalized spacial score (nSPS) is 41.7. The van der Waals surface area contributed by atoms with Crippen molar-refractivity contribution in [3.8, 4) is 0 Å². The Hall–Kier alpha value is -1.16. The third-order valence-electron chi connectivity index (χ3n) is 7.20. The van der Waals surface area contributed by atoms with Crippen LogP contribution in [-0.4, -0.2) is 12.6 Å². The number of benzene rings is 1. The number of hydrogen-bond acceptors (Lipinski definition) is 2. The summed E-state index contributed by atoms with van der Waals surface area (Å²) < 4.78 is 27.6. The second kappa shape index (κ2) is 5.17. The standard InChI is InChI=1S/C19H24F2N2/c20-11-5-8-18(17(21)9-11)23-19-15-7-6-14(16(19)10-22-23)12-3-1-2-4-13(12)15/h5,8-9,12-16,19,22H,1-4,6-7,10H2. The first-order valence-electron chi connectivity index (χ1n) is 9.22. The molecule has 0 aromatic heterocycles. The van der Waals surface area contributed by atoms with E-state index in [4.69, 9.17) is 0 Å². The van der Waals surface area contributed by atoms with Crippen LogP contribution >= 0.6 is 0 Å². The van der Waals surface area contributed by atoms with Gasteiger partial charge in [-0.15, -0.1) is 0 Å². The topological polar surface area (TPSA) is 15.3 Å². The molecule has 1 aromatic rings. The van der Waals surface area contributed by atoms with Crippen molar-refractivity contribution in [2.24, 2.45) is 29.6 Å². The first-order valence-corrected chi connectivity index (χ1v) is 9.22. The molecule has 6 rings (SSSR count). The van der Waals surface area contributed by atoms with Crippen molar-refractivity contribution in [1.29, 1.82) is 0 Å². The van der Waals surface area contributed by atoms with Gasteiger partial charge in [-0.05, 0) is 67.4 Å². The highest BCUT2D eigenvalue weighted by Gasteiger charge is 2.57. The summed E-state index contributed by atoms with van der Waals surface area (Å²) in [7, 11) is 0. The van der Waals surface area contributed by atoms with Crippen LogP contribution in [0.1, 0.15) is 38.5 Å². The highest BCUT2D eigenvalue weighted by Crippen LogP contribution is 2.59. The molecule has 1 saturated heterocycles. The maximum atomic E-state index is 14.3. The highest BCUT2D eigenvalue weighted by atomic mass is 19.1. The predicted molar refractivity (Wildman–Crippen MR) is 85.8 cm³/mol. The van der Waals surface area contributed by atoms with Gasteiger partial charge in [0.05, 0.1) is 11.7 Å². The Kier molecular flexibility index (Phi) is 3.19. The number of nitrogens with zero attached hydrogens (tertiary/aromatic N) is 1. The maximum Gasteiger partial charge on any atom is 0.150 e. The maximum absolute atomic E-state index is 14.3. The van der Waals surface area contributed by atoms with Crippen molar-refractivity contribution in [3.05, 3.63) is 29.8 Å². The fourth-order valence-electron chi connectivity index (χ4n) is 6.48. The van der Waals surface area contributed by atoms with Crippen LogP contribution < -0.4 is 10.4 Å². The quantitative estimate of drug-likeness (QED) is 0.838. The van der Waals surface area contributed by atoms with Crippen LogP contribution in [0.2, 0.25) is 0 Å². The van der Waals surface area contributed by atoms with Crippen molar-refractivity contribution in [3.63, 3.8) is 0 Å². The number of hydrazine groups is 1. The van der Waals surface area contributed by atoms with Crippen molar-refractivity contribution >= 4 is 5.69 Å². The Labute approximate surface area is 136 Å². The van der Waals surface area contributed by atoms with Crippen LogP contribution in [0.15, 0.2) is 18.2 Å². The smallest absolute Gasteiger partial charge is 0.150 e. The zero-order chi connectivity index (χ0) is 15.6. The van der Waals surface area contributed by atoms with Crippen LogP contribution in [0.4, 0.5) is 14.5 Å². The number of nitrogens with one attached hydrogen (secondary N) is 1. The predicted octanol–water partition coefficient (Wildman–Crippen LogP) is 4.12. The van der Waals surface area contributed by atoms with Gasteiger partial charge < -0.3 is 5.01 Å². The Bertz CT molecular complexity index is 619. The van der Waals surface area contributed by atoms with Crippen LogP contribution in [0.25, 0.3) is 0 Å². The monoisotopic (exact) mass is 318 g/mol. The largest absolute Gasteiger partial charge is 0.302 e. The van der Waals surface area contributed by atoms with E-state index in [1.54, 1.807) is 6.07 Å². The molecule has 6 atom stereocenters. The molecule has 1 heterocycles. The molecule has 124 valence electrons. The molecule has 23 heavy (non-hydrogen) atoms. The third kappa shape index (κ3) is 2.00. The molecule has 0 radical (unpaired) electrons. The molecular formula is C19H24F2N2. The molecular weight excluding hydrogens is 294 g/mol. The van der Waals surface area contributed by atoms with E-state index < -0.39 is 11.6 Å². The lowest BCUT2D eigenvalue weighted by Gasteiger charge is -2.57. The van der Waals surface area contributed by atoms with Gasteiger partial charge in [-0.3, -0.25) is 0 Å². The lowest BCUT2D eigenvalue weighted by Crippen LogP contribution is -2.57. The molecule has 2 nitrogen and oxygen atoms in total. The minimum absolute atomic E-state index is 0.396. The molecule has 6 unspecified atom stereocenters. The fourth-order valence-corrected chi connectivity index (χ4v) is 6.48. The Morgan fingerprint density at radius 3 is 2.35 bits per heavy atom. The van der Waals surface area contributed by atoms with Crippen LogP contribution in [0, 0.1) is 41.2 Å². The lowest BCUT2D eigenvalue weighted by atomic mass is 9.49. The number of halogens is 2. The van der Waals surface area contributed by atoms with E-state index in [1.807, 2.05) is 0 Å².